The molecule has 0 saturated heterocycles. The second-order valence-electron chi connectivity index (χ2n) is 29.1. The van der Waals surface area contributed by atoms with E-state index in [9.17, 15) is 10.0 Å². The summed E-state index contributed by atoms with van der Waals surface area (Å²) in [5, 5.41) is 32.0. The molecule has 22 aromatic rings. The highest BCUT2D eigenvalue weighted by Crippen LogP contribution is 2.44. The summed E-state index contributed by atoms with van der Waals surface area (Å²) in [4.78, 5) is 0. The van der Waals surface area contributed by atoms with E-state index in [2.05, 4.69) is 403 Å². The van der Waals surface area contributed by atoms with Crippen molar-refractivity contribution in [1.29, 1.82) is 0 Å². The van der Waals surface area contributed by atoms with Crippen LogP contribution in [-0.4, -0.2) is 40.0 Å². The third-order valence-corrected chi connectivity index (χ3v) is 23.2. The Morgan fingerprint density at radius 2 is 0.482 bits per heavy atom. The van der Waals surface area contributed by atoms with Gasteiger partial charge in [0.1, 0.15) is 0 Å². The molecule has 9 heteroatoms. The van der Waals surface area contributed by atoms with Gasteiger partial charge in [-0.05, 0) is 231 Å². The van der Waals surface area contributed by atoms with Crippen LogP contribution in [0.4, 0.5) is 0 Å². The van der Waals surface area contributed by atoms with Crippen LogP contribution in [0.1, 0.15) is 11.1 Å². The van der Waals surface area contributed by atoms with Crippen LogP contribution in [0.3, 0.4) is 0 Å². The van der Waals surface area contributed by atoms with Gasteiger partial charge in [0.25, 0.3) is 0 Å². The molecule has 0 unspecified atom stereocenters. The van der Waals surface area contributed by atoms with Crippen molar-refractivity contribution < 1.29 is 10.0 Å². The fourth-order valence-corrected chi connectivity index (χ4v) is 18.0. The molecular weight excluding hydrogens is 1430 g/mol. The number of hydrogen-bond acceptors (Lipinski definition) is 2. The fourth-order valence-electron chi connectivity index (χ4n) is 17.6. The van der Waals surface area contributed by atoms with Crippen molar-refractivity contribution in [2.75, 3.05) is 0 Å². The maximum atomic E-state index is 9.79. The SMILES string of the molecule is Brc1cccc(-n2c3ccccc3c3cc(-c4ccc5c(c4)c4ccccc4n5-c4ccccc4)ccc32)c1.OB(O)c1cccc(-n2c3ccccc3c3cc(-c4ccc5c(c4)c4ccccc4n5-c4ccccc4)ccc32)c1.c1ccc(-n2c3ccccc3c3cc(-c4ccc5c(c4)-c4ccccc4C5)ccc32)cc1. The number of aromatic nitrogens is 5. The molecule has 112 heavy (non-hydrogen) atoms. The van der Waals surface area contributed by atoms with E-state index >= 15 is 0 Å². The summed E-state index contributed by atoms with van der Waals surface area (Å²) in [7, 11) is -1.52. The van der Waals surface area contributed by atoms with Gasteiger partial charge in [-0.2, -0.15) is 0 Å². The molecule has 0 atom stereocenters. The number of hydrogen-bond donors (Lipinski definition) is 2. The van der Waals surface area contributed by atoms with E-state index in [4.69, 9.17) is 0 Å². The van der Waals surface area contributed by atoms with Crippen LogP contribution in [-0.2, 0) is 6.42 Å². The van der Waals surface area contributed by atoms with Gasteiger partial charge in [-0.3, -0.25) is 0 Å². The lowest BCUT2D eigenvalue weighted by Crippen LogP contribution is -2.29. The summed E-state index contributed by atoms with van der Waals surface area (Å²) in [6, 6.07) is 141. The molecule has 2 N–H and O–H groups in total. The third kappa shape index (κ3) is 11.3. The van der Waals surface area contributed by atoms with Gasteiger partial charge < -0.3 is 32.9 Å². The van der Waals surface area contributed by atoms with Gasteiger partial charge in [0, 0.05) is 86.8 Å². The minimum Gasteiger partial charge on any atom is -0.423 e. The molecule has 0 spiro atoms. The van der Waals surface area contributed by atoms with E-state index in [0.29, 0.717) is 5.46 Å². The van der Waals surface area contributed by atoms with Crippen LogP contribution >= 0.6 is 15.9 Å². The summed E-state index contributed by atoms with van der Waals surface area (Å²) < 4.78 is 12.7. The molecule has 1 aliphatic rings. The number of para-hydroxylation sites is 8. The molecule has 1 aliphatic carbocycles. The number of fused-ring (bicyclic) bond motifs is 18. The van der Waals surface area contributed by atoms with E-state index in [1.165, 1.54) is 143 Å². The molecule has 0 radical (unpaired) electrons. The van der Waals surface area contributed by atoms with Crippen molar-refractivity contribution in [3.63, 3.8) is 0 Å². The molecule has 23 rings (SSSR count). The Balaban J connectivity index is 0.000000107. The molecule has 17 aromatic carbocycles. The van der Waals surface area contributed by atoms with E-state index in [1.54, 1.807) is 6.07 Å². The predicted molar refractivity (Wildman–Crippen MR) is 473 cm³/mol. The summed E-state index contributed by atoms with van der Waals surface area (Å²) >= 11 is 3.66. The van der Waals surface area contributed by atoms with E-state index in [-0.39, 0.29) is 0 Å². The number of rotatable bonds is 9. The maximum absolute atomic E-state index is 9.79. The lowest BCUT2D eigenvalue weighted by molar-refractivity contribution is 0.425. The largest absolute Gasteiger partial charge is 0.488 e. The van der Waals surface area contributed by atoms with Gasteiger partial charge in [0.15, 0.2) is 0 Å². The number of halogens is 1. The Bertz CT molecular complexity index is 7470. The van der Waals surface area contributed by atoms with Gasteiger partial charge >= 0.3 is 7.12 Å². The second-order valence-corrected chi connectivity index (χ2v) is 30.0. The van der Waals surface area contributed by atoms with Crippen LogP contribution in [0, 0.1) is 0 Å². The monoisotopic (exact) mass is 1500 g/mol. The number of nitrogens with zero attached hydrogens (tertiary/aromatic N) is 5. The summed E-state index contributed by atoms with van der Waals surface area (Å²) in [6.07, 6.45) is 1.04. The number of benzene rings is 17. The van der Waals surface area contributed by atoms with Crippen molar-refractivity contribution in [3.05, 3.63) is 410 Å². The van der Waals surface area contributed by atoms with Crippen molar-refractivity contribution in [2.24, 2.45) is 0 Å². The quantitative estimate of drug-likeness (QED) is 0.141. The molecule has 5 aromatic heterocycles. The molecule has 0 fully saturated rings. The Morgan fingerprint density at radius 1 is 0.205 bits per heavy atom. The first-order chi connectivity index (χ1) is 55.3. The van der Waals surface area contributed by atoms with Crippen molar-refractivity contribution >= 4 is 138 Å². The zero-order chi connectivity index (χ0) is 74.5. The zero-order valence-corrected chi connectivity index (χ0v) is 62.4. The standard InChI is InChI=1S/C36H25BN2O2.C36H23BrN2.C31H21N/c40-37(41)26-9-8-12-28(23-26)39-34-16-7-5-14-30(34)32-22-25(18-20-36(32)39)24-17-19-35-31(21-24)29-13-4-6-15-33(29)38(35)27-10-2-1-3-11-27;37-26-9-8-12-28(23-26)39-34-16-7-5-14-30(34)32-22-25(18-20-36(32)39)24-17-19-35-31(21-24)29-13-4-6-15-33(29)38(35)27-10-2-1-3-11-27;1-2-9-25(10-3-1)32-30-13-7-6-12-27(30)29-20-22(16-17-31(29)32)21-14-15-24-18-23-8-4-5-11-26(23)28(24)19-21/h1-23,40-41H;1-23H;1-17,19-20H,18H2. The maximum Gasteiger partial charge on any atom is 0.488 e. The van der Waals surface area contributed by atoms with Gasteiger partial charge in [-0.15, -0.1) is 0 Å². The molecule has 0 saturated carbocycles. The first-order valence-corrected chi connectivity index (χ1v) is 38.9. The minimum absolute atomic E-state index is 0.466. The summed E-state index contributed by atoms with van der Waals surface area (Å²) in [5.41, 5.74) is 30.8. The summed E-state index contributed by atoms with van der Waals surface area (Å²) in [6.45, 7) is 0. The van der Waals surface area contributed by atoms with Crippen molar-refractivity contribution in [1.82, 2.24) is 22.8 Å². The molecule has 0 bridgehead atoms. The molecule has 5 heterocycles. The van der Waals surface area contributed by atoms with Crippen LogP contribution in [0.25, 0.3) is 182 Å². The van der Waals surface area contributed by atoms with Crippen LogP contribution in [0.5, 0.6) is 0 Å². The average Bonchev–Trinajstić information content (AvgIpc) is 1.62. The lowest BCUT2D eigenvalue weighted by atomic mass is 9.80. The average molecular weight is 1500 g/mol. The lowest BCUT2D eigenvalue weighted by Gasteiger charge is -2.10. The van der Waals surface area contributed by atoms with Gasteiger partial charge in [0.2, 0.25) is 0 Å². The highest BCUT2D eigenvalue weighted by atomic mass is 79.9. The third-order valence-electron chi connectivity index (χ3n) is 22.7. The smallest absolute Gasteiger partial charge is 0.423 e. The fraction of sp³-hybridized carbons (Fsp3) is 0.00971. The Labute approximate surface area is 655 Å². The van der Waals surface area contributed by atoms with Gasteiger partial charge in [-0.25, -0.2) is 0 Å². The van der Waals surface area contributed by atoms with E-state index < -0.39 is 7.12 Å². The first kappa shape index (κ1) is 66.4. The molecular formula is C103H69BBrN5O2. The van der Waals surface area contributed by atoms with Gasteiger partial charge in [0.05, 0.1) is 55.2 Å². The van der Waals surface area contributed by atoms with E-state index in [1.807, 2.05) is 24.3 Å². The Kier molecular flexibility index (Phi) is 16.2. The predicted octanol–water partition coefficient (Wildman–Crippen LogP) is 25.6. The van der Waals surface area contributed by atoms with Crippen LogP contribution in [0.2, 0.25) is 0 Å². The first-order valence-electron chi connectivity index (χ1n) is 38.1. The minimum atomic E-state index is -1.52. The molecule has 528 valence electrons. The molecule has 7 nitrogen and oxygen atoms in total. The van der Waals surface area contributed by atoms with Gasteiger partial charge in [-0.1, -0.05) is 246 Å². The highest BCUT2D eigenvalue weighted by molar-refractivity contribution is 9.10. The van der Waals surface area contributed by atoms with Crippen molar-refractivity contribution in [2.45, 2.75) is 6.42 Å². The molecule has 0 aliphatic heterocycles. The normalized spacial score (nSPS) is 11.8. The second kappa shape index (κ2) is 27.4. The van der Waals surface area contributed by atoms with Crippen molar-refractivity contribution in [3.8, 4) is 72.9 Å². The van der Waals surface area contributed by atoms with Crippen LogP contribution in [0.15, 0.2) is 399 Å². The zero-order valence-electron chi connectivity index (χ0n) is 60.8. The highest BCUT2D eigenvalue weighted by Gasteiger charge is 2.23. The van der Waals surface area contributed by atoms with Crippen LogP contribution < -0.4 is 5.46 Å². The Morgan fingerprint density at radius 3 is 0.848 bits per heavy atom. The Hall–Kier alpha value is -13.8. The molecule has 0 amide bonds. The van der Waals surface area contributed by atoms with E-state index in [0.717, 1.165) is 60.9 Å². The summed E-state index contributed by atoms with van der Waals surface area (Å²) in [5.74, 6) is 0. The topological polar surface area (TPSA) is 65.1 Å².